The minimum Gasteiger partial charge on any atom is -0.478 e. The van der Waals surface area contributed by atoms with Gasteiger partial charge in [-0.3, -0.25) is 0 Å². The van der Waals surface area contributed by atoms with E-state index >= 15 is 0 Å². The summed E-state index contributed by atoms with van der Waals surface area (Å²) in [5.74, 6) is -7.59. The zero-order valence-electron chi connectivity index (χ0n) is 32.1. The topological polar surface area (TPSA) is 354 Å². The first-order valence-electron chi connectivity index (χ1n) is 18.6. The third-order valence-electron chi connectivity index (χ3n) is 11.1. The van der Waals surface area contributed by atoms with Crippen molar-refractivity contribution in [3.63, 3.8) is 0 Å². The van der Waals surface area contributed by atoms with Crippen LogP contribution in [0.1, 0.15) is 0 Å². The monoisotopic (exact) mass is 910 g/mol. The van der Waals surface area contributed by atoms with E-state index in [1.807, 2.05) is 0 Å². The Kier molecular flexibility index (Phi) is 15.4. The van der Waals surface area contributed by atoms with E-state index in [9.17, 15) is 70.2 Å². The number of carbonyl (C=O) groups is 4. The molecule has 4 aliphatic heterocycles. The number of carboxylic acids is 1. The maximum absolute atomic E-state index is 14.0. The molecule has 6 rings (SSSR count). The van der Waals surface area contributed by atoms with Crippen molar-refractivity contribution in [1.29, 1.82) is 0 Å². The summed E-state index contributed by atoms with van der Waals surface area (Å²) in [6.07, 6.45) is -16.9. The Labute approximate surface area is 354 Å². The van der Waals surface area contributed by atoms with Crippen LogP contribution in [0.25, 0.3) is 0 Å². The lowest BCUT2D eigenvalue weighted by molar-refractivity contribution is -0.341. The van der Waals surface area contributed by atoms with Gasteiger partial charge in [0.25, 0.3) is 0 Å². The predicted molar refractivity (Wildman–Crippen MR) is 199 cm³/mol. The number of esters is 1. The van der Waals surface area contributed by atoms with Gasteiger partial charge in [-0.25, -0.2) is 19.2 Å². The highest BCUT2D eigenvalue weighted by Crippen LogP contribution is 2.47. The molecule has 2 aliphatic carbocycles. The van der Waals surface area contributed by atoms with Crippen molar-refractivity contribution < 1.29 is 113 Å². The molecule has 0 aromatic heterocycles. The van der Waals surface area contributed by atoms with Crippen molar-refractivity contribution in [2.75, 3.05) is 38.9 Å². The van der Waals surface area contributed by atoms with Gasteiger partial charge in [0.05, 0.1) is 60.9 Å². The summed E-state index contributed by atoms with van der Waals surface area (Å²) in [5, 5.41) is 104. The highest BCUT2D eigenvalue weighted by molar-refractivity contribution is 8.12. The molecule has 61 heavy (non-hydrogen) atoms. The van der Waals surface area contributed by atoms with Crippen molar-refractivity contribution in [3.05, 3.63) is 47.0 Å². The summed E-state index contributed by atoms with van der Waals surface area (Å²) < 4.78 is 50.2. The number of rotatable bonds is 13. The molecule has 23 nitrogen and oxygen atoms in total. The maximum Gasteiger partial charge on any atom is 0.367 e. The van der Waals surface area contributed by atoms with Gasteiger partial charge in [-0.05, 0) is 47.2 Å². The summed E-state index contributed by atoms with van der Waals surface area (Å²) in [7, 11) is 0. The molecule has 0 aromatic rings. The maximum atomic E-state index is 14.0. The van der Waals surface area contributed by atoms with Gasteiger partial charge in [0.2, 0.25) is 12.6 Å². The van der Waals surface area contributed by atoms with Crippen molar-refractivity contribution in [2.45, 2.75) is 86.2 Å². The van der Waals surface area contributed by atoms with Gasteiger partial charge in [0.15, 0.2) is 18.7 Å². The SMILES string of the molecule is CSC(=O)OCC1=CC(O)C2C(C(=O)O)=COC(OC3OC(CO)C(O)C(OC(=O)C4=COC(OC5OC(CO)C(O)C(O)C5O)C5C(COC(=O)SC)=CC(O)C45)C3O)C12. The van der Waals surface area contributed by atoms with Crippen LogP contribution in [0.3, 0.4) is 0 Å². The molecule has 6 aliphatic rings. The second-order valence-corrected chi connectivity index (χ2v) is 16.0. The van der Waals surface area contributed by atoms with Gasteiger partial charge >= 0.3 is 22.5 Å². The minimum absolute atomic E-state index is 0.160. The molecule has 0 saturated carbocycles. The van der Waals surface area contributed by atoms with Gasteiger partial charge in [0.1, 0.15) is 55.9 Å². The number of carbonyl (C=O) groups excluding carboxylic acids is 3. The van der Waals surface area contributed by atoms with E-state index in [-0.39, 0.29) is 16.7 Å². The van der Waals surface area contributed by atoms with Crippen molar-refractivity contribution in [1.82, 2.24) is 0 Å². The van der Waals surface area contributed by atoms with E-state index in [0.717, 1.165) is 36.0 Å². The first-order valence-corrected chi connectivity index (χ1v) is 21.1. The predicted octanol–water partition coefficient (Wildman–Crippen LogP) is -3.20. The first kappa shape index (κ1) is 47.1. The molecule has 340 valence electrons. The molecule has 0 bridgehead atoms. The zero-order valence-corrected chi connectivity index (χ0v) is 33.8. The van der Waals surface area contributed by atoms with Gasteiger partial charge < -0.3 is 93.7 Å². The Hall–Kier alpha value is -3.38. The third-order valence-corrected chi connectivity index (χ3v) is 12.0. The molecule has 4 heterocycles. The second kappa shape index (κ2) is 20.0. The molecule has 2 fully saturated rings. The lowest BCUT2D eigenvalue weighted by Gasteiger charge is -2.44. The molecule has 25 heteroatoms. The van der Waals surface area contributed by atoms with E-state index in [4.69, 9.17) is 42.6 Å². The fourth-order valence-corrected chi connectivity index (χ4v) is 8.40. The molecular formula is C36H46O23S2. The molecule has 18 atom stereocenters. The average molecular weight is 911 g/mol. The van der Waals surface area contributed by atoms with Crippen LogP contribution in [0, 0.1) is 23.7 Å². The number of thioether (sulfide) groups is 2. The summed E-state index contributed by atoms with van der Waals surface area (Å²) in [6, 6.07) is 0. The number of aliphatic hydroxyl groups excluding tert-OH is 9. The Bertz CT molecular complexity index is 1770. The standard InChI is InChI=1S/C36H46O23S2/c1-60-35(49)53-7-11-3-15(39)21-13(29(46)47)9-51-31(19(11)21)59-34-27(45)28(24(42)18(6-38)56-34)57-30(48)14-10-52-32(58-33-26(44)25(43)23(41)17(5-37)55-33)20-12(4-16(40)22(14)20)8-54-36(50)61-2/h3-4,9-10,15-28,31-34,37-45H,5-8H2,1-2H3,(H,46,47). The van der Waals surface area contributed by atoms with E-state index in [2.05, 4.69) is 0 Å². The number of aliphatic hydroxyl groups is 9. The number of ether oxygens (including phenoxy) is 9. The van der Waals surface area contributed by atoms with Crippen molar-refractivity contribution >= 4 is 46.1 Å². The summed E-state index contributed by atoms with van der Waals surface area (Å²) >= 11 is 1.50. The molecule has 10 N–H and O–H groups in total. The van der Waals surface area contributed by atoms with E-state index < -0.39 is 164 Å². The molecule has 0 aromatic carbocycles. The number of hydrogen-bond acceptors (Lipinski definition) is 24. The van der Waals surface area contributed by atoms with Gasteiger partial charge in [-0.1, -0.05) is 12.2 Å². The van der Waals surface area contributed by atoms with Crippen LogP contribution in [0.5, 0.6) is 0 Å². The normalized spacial score (nSPS) is 40.4. The Morgan fingerprint density at radius 3 is 1.54 bits per heavy atom. The van der Waals surface area contributed by atoms with E-state index in [0.29, 0.717) is 0 Å². The minimum atomic E-state index is -2.07. The summed E-state index contributed by atoms with van der Waals surface area (Å²) in [6.45, 7) is -2.55. The van der Waals surface area contributed by atoms with Crippen LogP contribution in [0.2, 0.25) is 0 Å². The molecule has 18 unspecified atom stereocenters. The zero-order chi connectivity index (χ0) is 44.4. The number of carboxylic acid groups (broad SMARTS) is 1. The van der Waals surface area contributed by atoms with Crippen LogP contribution in [0.15, 0.2) is 47.0 Å². The lowest BCUT2D eigenvalue weighted by Crippen LogP contribution is -2.62. The second-order valence-electron chi connectivity index (χ2n) is 14.6. The van der Waals surface area contributed by atoms with Crippen molar-refractivity contribution in [3.8, 4) is 0 Å². The quantitative estimate of drug-likeness (QED) is 0.0494. The molecule has 0 radical (unpaired) electrons. The smallest absolute Gasteiger partial charge is 0.367 e. The molecular weight excluding hydrogens is 865 g/mol. The summed E-state index contributed by atoms with van der Waals surface area (Å²) in [5.41, 5.74) is -0.400. The Morgan fingerprint density at radius 2 is 1.07 bits per heavy atom. The van der Waals surface area contributed by atoms with E-state index in [1.165, 1.54) is 24.7 Å². The van der Waals surface area contributed by atoms with Gasteiger partial charge in [-0.15, -0.1) is 0 Å². The largest absolute Gasteiger partial charge is 0.478 e. The van der Waals surface area contributed by atoms with Crippen molar-refractivity contribution in [2.24, 2.45) is 23.7 Å². The fourth-order valence-electron chi connectivity index (χ4n) is 8.05. The Balaban J connectivity index is 1.23. The average Bonchev–Trinajstić information content (AvgIpc) is 3.77. The van der Waals surface area contributed by atoms with Gasteiger partial charge in [-0.2, -0.15) is 0 Å². The number of fused-ring (bicyclic) bond motifs is 2. The van der Waals surface area contributed by atoms with Crippen LogP contribution < -0.4 is 0 Å². The van der Waals surface area contributed by atoms with Crippen LogP contribution in [-0.4, -0.2) is 199 Å². The van der Waals surface area contributed by atoms with Crippen LogP contribution in [-0.2, 0) is 52.2 Å². The molecule has 2 saturated heterocycles. The molecule has 0 amide bonds. The highest BCUT2D eigenvalue weighted by atomic mass is 32.2. The number of aliphatic carboxylic acids is 1. The number of hydrogen-bond donors (Lipinski definition) is 10. The lowest BCUT2D eigenvalue weighted by atomic mass is 9.82. The first-order chi connectivity index (χ1) is 29.0. The third kappa shape index (κ3) is 9.60. The Morgan fingerprint density at radius 1 is 0.607 bits per heavy atom. The van der Waals surface area contributed by atoms with E-state index in [1.54, 1.807) is 0 Å². The molecule has 0 spiro atoms. The highest BCUT2D eigenvalue weighted by Gasteiger charge is 2.56. The van der Waals surface area contributed by atoms with Crippen LogP contribution >= 0.6 is 23.5 Å². The van der Waals surface area contributed by atoms with Gasteiger partial charge in [0, 0.05) is 11.8 Å². The fraction of sp³-hybridized carbons (Fsp3) is 0.667. The summed E-state index contributed by atoms with van der Waals surface area (Å²) in [4.78, 5) is 50.1. The van der Waals surface area contributed by atoms with Crippen LogP contribution in [0.4, 0.5) is 9.59 Å².